The summed E-state index contributed by atoms with van der Waals surface area (Å²) in [6.07, 6.45) is 0. The molecular formula is C15H24N2O2. The number of aryl methyl sites for hydroxylation is 2. The summed E-state index contributed by atoms with van der Waals surface area (Å²) in [6, 6.07) is 4.45. The zero-order valence-corrected chi connectivity index (χ0v) is 12.2. The van der Waals surface area contributed by atoms with Gasteiger partial charge >= 0.3 is 0 Å². The van der Waals surface area contributed by atoms with E-state index in [0.717, 1.165) is 5.75 Å². The lowest BCUT2D eigenvalue weighted by Crippen LogP contribution is -2.55. The van der Waals surface area contributed by atoms with Crippen LogP contribution in [0.5, 0.6) is 5.75 Å². The van der Waals surface area contributed by atoms with E-state index in [1.807, 2.05) is 7.05 Å². The smallest absolute Gasteiger partial charge is 0.123 e. The van der Waals surface area contributed by atoms with Crippen LogP contribution in [0.1, 0.15) is 22.7 Å². The second-order valence-corrected chi connectivity index (χ2v) is 5.46. The minimum atomic E-state index is -0.0241. The molecule has 0 saturated carbocycles. The van der Waals surface area contributed by atoms with Crippen LogP contribution in [0.4, 0.5) is 0 Å². The normalized spacial score (nSPS) is 18.8. The van der Waals surface area contributed by atoms with Crippen molar-refractivity contribution < 1.29 is 9.47 Å². The molecule has 0 spiro atoms. The van der Waals surface area contributed by atoms with Crippen LogP contribution in [0, 0.1) is 19.3 Å². The van der Waals surface area contributed by atoms with Gasteiger partial charge in [-0.1, -0.05) is 6.07 Å². The van der Waals surface area contributed by atoms with Crippen molar-refractivity contribution in [1.29, 1.82) is 0 Å². The monoisotopic (exact) mass is 264 g/mol. The van der Waals surface area contributed by atoms with Crippen molar-refractivity contribution in [3.8, 4) is 5.75 Å². The lowest BCUT2D eigenvalue weighted by molar-refractivity contribution is -0.127. The molecule has 0 amide bonds. The third kappa shape index (κ3) is 2.36. The molecule has 1 heterocycles. The Bertz CT molecular complexity index is 450. The van der Waals surface area contributed by atoms with Gasteiger partial charge in [-0.05, 0) is 38.1 Å². The van der Waals surface area contributed by atoms with Gasteiger partial charge in [0.2, 0.25) is 0 Å². The second-order valence-electron chi connectivity index (χ2n) is 5.46. The van der Waals surface area contributed by atoms with Crippen LogP contribution in [-0.2, 0) is 4.74 Å². The molecule has 1 aliphatic heterocycles. The van der Waals surface area contributed by atoms with E-state index in [9.17, 15) is 0 Å². The minimum absolute atomic E-state index is 0.0241. The Morgan fingerprint density at radius 3 is 2.42 bits per heavy atom. The maximum atomic E-state index is 5.98. The third-order valence-electron chi connectivity index (χ3n) is 4.24. The van der Waals surface area contributed by atoms with Crippen molar-refractivity contribution in [3.63, 3.8) is 0 Å². The van der Waals surface area contributed by atoms with Gasteiger partial charge in [0.05, 0.1) is 20.3 Å². The van der Waals surface area contributed by atoms with E-state index in [4.69, 9.17) is 15.2 Å². The van der Waals surface area contributed by atoms with Crippen molar-refractivity contribution >= 4 is 0 Å². The molecule has 4 nitrogen and oxygen atoms in total. The van der Waals surface area contributed by atoms with Crippen LogP contribution in [0.15, 0.2) is 12.1 Å². The van der Waals surface area contributed by atoms with Crippen LogP contribution in [-0.4, -0.2) is 33.9 Å². The summed E-state index contributed by atoms with van der Waals surface area (Å²) in [6.45, 7) is 6.23. The molecule has 1 aromatic rings. The van der Waals surface area contributed by atoms with Crippen LogP contribution in [0.3, 0.4) is 0 Å². The molecular weight excluding hydrogens is 240 g/mol. The van der Waals surface area contributed by atoms with Crippen molar-refractivity contribution in [2.24, 2.45) is 11.1 Å². The van der Waals surface area contributed by atoms with Gasteiger partial charge in [-0.2, -0.15) is 0 Å². The molecule has 0 radical (unpaired) electrons. The average Bonchev–Trinajstić information content (AvgIpc) is 2.36. The van der Waals surface area contributed by atoms with Gasteiger partial charge in [0, 0.05) is 23.6 Å². The van der Waals surface area contributed by atoms with Crippen LogP contribution < -0.4 is 15.8 Å². The van der Waals surface area contributed by atoms with E-state index in [-0.39, 0.29) is 11.5 Å². The van der Waals surface area contributed by atoms with E-state index in [1.54, 1.807) is 7.11 Å². The minimum Gasteiger partial charge on any atom is -0.496 e. The molecule has 0 aliphatic carbocycles. The summed E-state index contributed by atoms with van der Waals surface area (Å²) in [4.78, 5) is 0. The Labute approximate surface area is 115 Å². The zero-order valence-electron chi connectivity index (χ0n) is 12.2. The number of nitrogens with one attached hydrogen (secondary N) is 1. The fourth-order valence-corrected chi connectivity index (χ4v) is 2.77. The molecule has 1 aromatic carbocycles. The Morgan fingerprint density at radius 2 is 2.00 bits per heavy atom. The first-order valence-corrected chi connectivity index (χ1v) is 6.68. The average molecular weight is 264 g/mol. The highest BCUT2D eigenvalue weighted by molar-refractivity contribution is 5.44. The fraction of sp³-hybridized carbons (Fsp3) is 0.600. The SMILES string of the molecule is CNC(c1cc(C)c(C)cc1OC)C1(CN)COC1. The number of rotatable bonds is 5. The Morgan fingerprint density at radius 1 is 1.37 bits per heavy atom. The van der Waals surface area contributed by atoms with Crippen molar-refractivity contribution in [3.05, 3.63) is 28.8 Å². The number of methoxy groups -OCH3 is 1. The van der Waals surface area contributed by atoms with E-state index >= 15 is 0 Å². The molecule has 1 fully saturated rings. The Kier molecular flexibility index (Phi) is 4.13. The number of benzene rings is 1. The van der Waals surface area contributed by atoms with Gasteiger partial charge in [0.25, 0.3) is 0 Å². The van der Waals surface area contributed by atoms with Gasteiger partial charge < -0.3 is 20.5 Å². The molecule has 1 atom stereocenters. The topological polar surface area (TPSA) is 56.5 Å². The van der Waals surface area contributed by atoms with E-state index in [0.29, 0.717) is 19.8 Å². The van der Waals surface area contributed by atoms with Crippen LogP contribution in [0.2, 0.25) is 0 Å². The van der Waals surface area contributed by atoms with Crippen molar-refractivity contribution in [2.75, 3.05) is 33.9 Å². The lowest BCUT2D eigenvalue weighted by Gasteiger charge is -2.46. The lowest BCUT2D eigenvalue weighted by atomic mass is 9.74. The predicted molar refractivity (Wildman–Crippen MR) is 76.6 cm³/mol. The van der Waals surface area contributed by atoms with E-state index < -0.39 is 0 Å². The first kappa shape index (κ1) is 14.3. The number of hydrogen-bond donors (Lipinski definition) is 2. The summed E-state index contributed by atoms with van der Waals surface area (Å²) in [5.74, 6) is 0.919. The summed E-state index contributed by atoms with van der Waals surface area (Å²) < 4.78 is 11.0. The molecule has 1 saturated heterocycles. The largest absolute Gasteiger partial charge is 0.496 e. The van der Waals surface area contributed by atoms with E-state index in [2.05, 4.69) is 31.3 Å². The quantitative estimate of drug-likeness (QED) is 0.847. The van der Waals surface area contributed by atoms with Crippen molar-refractivity contribution in [1.82, 2.24) is 5.32 Å². The highest BCUT2D eigenvalue weighted by Gasteiger charge is 2.45. The first-order chi connectivity index (χ1) is 9.07. The zero-order chi connectivity index (χ0) is 14.0. The highest BCUT2D eigenvalue weighted by Crippen LogP contribution is 2.43. The molecule has 2 rings (SSSR count). The number of ether oxygens (including phenoxy) is 2. The molecule has 1 aliphatic rings. The van der Waals surface area contributed by atoms with E-state index in [1.165, 1.54) is 16.7 Å². The standard InChI is InChI=1S/C15H24N2O2/c1-10-5-12(13(18-4)6-11(10)2)14(17-3)15(7-16)8-19-9-15/h5-6,14,17H,7-9,16H2,1-4H3. The fourth-order valence-electron chi connectivity index (χ4n) is 2.77. The summed E-state index contributed by atoms with van der Waals surface area (Å²) >= 11 is 0. The predicted octanol–water partition coefficient (Wildman–Crippen LogP) is 1.55. The summed E-state index contributed by atoms with van der Waals surface area (Å²) in [5, 5.41) is 3.39. The van der Waals surface area contributed by atoms with Crippen LogP contribution in [0.25, 0.3) is 0 Å². The van der Waals surface area contributed by atoms with Gasteiger partial charge in [-0.25, -0.2) is 0 Å². The number of nitrogens with two attached hydrogens (primary N) is 1. The van der Waals surface area contributed by atoms with Gasteiger partial charge in [-0.3, -0.25) is 0 Å². The number of hydrogen-bond acceptors (Lipinski definition) is 4. The first-order valence-electron chi connectivity index (χ1n) is 6.68. The summed E-state index contributed by atoms with van der Waals surface area (Å²) in [5.41, 5.74) is 9.63. The van der Waals surface area contributed by atoms with Crippen LogP contribution >= 0.6 is 0 Å². The molecule has 0 bridgehead atoms. The third-order valence-corrected chi connectivity index (χ3v) is 4.24. The summed E-state index contributed by atoms with van der Waals surface area (Å²) in [7, 11) is 3.68. The van der Waals surface area contributed by atoms with Crippen molar-refractivity contribution in [2.45, 2.75) is 19.9 Å². The molecule has 1 unspecified atom stereocenters. The van der Waals surface area contributed by atoms with Gasteiger partial charge in [0.15, 0.2) is 0 Å². The molecule has 3 N–H and O–H groups in total. The molecule has 106 valence electrons. The highest BCUT2D eigenvalue weighted by atomic mass is 16.5. The van der Waals surface area contributed by atoms with Gasteiger partial charge in [0.1, 0.15) is 5.75 Å². The molecule has 0 aromatic heterocycles. The molecule has 19 heavy (non-hydrogen) atoms. The maximum Gasteiger partial charge on any atom is 0.123 e. The Balaban J connectivity index is 2.45. The Hall–Kier alpha value is -1.10. The van der Waals surface area contributed by atoms with Gasteiger partial charge in [-0.15, -0.1) is 0 Å². The maximum absolute atomic E-state index is 5.98. The second kappa shape index (κ2) is 5.49. The molecule has 4 heteroatoms.